The number of hydrogen-bond acceptors (Lipinski definition) is 5. The third-order valence-electron chi connectivity index (χ3n) is 2.67. The Morgan fingerprint density at radius 1 is 1.52 bits per heavy atom. The maximum atomic E-state index is 8.46. The predicted molar refractivity (Wildman–Crippen MR) is 85.4 cm³/mol. The topological polar surface area (TPSA) is 135 Å². The molecule has 0 aliphatic rings. The van der Waals surface area contributed by atoms with Crippen LogP contribution in [0, 0.1) is 23.8 Å². The van der Waals surface area contributed by atoms with Crippen LogP contribution >= 0.6 is 11.3 Å². The molecule has 0 aliphatic heterocycles. The molecule has 0 unspecified atom stereocenters. The molecule has 0 atom stereocenters. The highest BCUT2D eigenvalue weighted by molar-refractivity contribution is 7.15. The van der Waals surface area contributed by atoms with Gasteiger partial charge in [0.2, 0.25) is 12.2 Å². The van der Waals surface area contributed by atoms with Gasteiger partial charge in [-0.1, -0.05) is 0 Å². The number of aromatic nitrogens is 1. The largest absolute Gasteiger partial charge is 0.370 e. The maximum Gasteiger partial charge on any atom is 0.209 e. The van der Waals surface area contributed by atoms with E-state index in [0.717, 1.165) is 36.4 Å². The molecule has 8 nitrogen and oxygen atoms in total. The average molecular weight is 308 g/mol. The van der Waals surface area contributed by atoms with Gasteiger partial charge < -0.3 is 21.7 Å². The summed E-state index contributed by atoms with van der Waals surface area (Å²) in [6.07, 6.45) is 4.52. The van der Waals surface area contributed by atoms with Crippen molar-refractivity contribution in [1.29, 1.82) is 10.7 Å². The molecule has 0 saturated carbocycles. The monoisotopic (exact) mass is 308 g/mol. The molecule has 0 spiro atoms. The number of aryl methyl sites for hydroxylation is 2. The molecular formula is C12H20N8S. The first-order chi connectivity index (χ1) is 10.1. The van der Waals surface area contributed by atoms with E-state index in [4.69, 9.17) is 16.4 Å². The molecule has 1 aromatic heterocycles. The molecule has 0 radical (unpaired) electrons. The van der Waals surface area contributed by atoms with Crippen molar-refractivity contribution in [3.8, 4) is 6.19 Å². The number of hydrogen-bond donors (Lipinski definition) is 5. The fraction of sp³-hybridized carbons (Fsp3) is 0.500. The number of anilines is 1. The number of nitrogens with two attached hydrogens (primary N) is 1. The number of thiazole rings is 1. The summed E-state index contributed by atoms with van der Waals surface area (Å²) < 4.78 is 0. The summed E-state index contributed by atoms with van der Waals surface area (Å²) in [5.74, 6) is 0.381. The average Bonchev–Trinajstić information content (AvgIpc) is 2.76. The van der Waals surface area contributed by atoms with Gasteiger partial charge in [-0.2, -0.15) is 5.26 Å². The molecule has 0 fully saturated rings. The van der Waals surface area contributed by atoms with Crippen molar-refractivity contribution >= 4 is 28.4 Å². The number of nitriles is 1. The fourth-order valence-electron chi connectivity index (χ4n) is 1.69. The number of guanidine groups is 2. The lowest BCUT2D eigenvalue weighted by molar-refractivity contribution is 0.694. The number of aliphatic imine (C=N–C) groups is 1. The van der Waals surface area contributed by atoms with Gasteiger partial charge in [-0.05, 0) is 26.2 Å². The Hall–Kier alpha value is -2.34. The van der Waals surface area contributed by atoms with Gasteiger partial charge in [0, 0.05) is 18.5 Å². The minimum Gasteiger partial charge on any atom is -0.370 e. The first-order valence-electron chi connectivity index (χ1n) is 6.52. The quantitative estimate of drug-likeness (QED) is 0.227. The van der Waals surface area contributed by atoms with E-state index >= 15 is 0 Å². The smallest absolute Gasteiger partial charge is 0.209 e. The second-order valence-corrected chi connectivity index (χ2v) is 5.46. The van der Waals surface area contributed by atoms with E-state index in [1.54, 1.807) is 13.2 Å². The molecule has 6 N–H and O–H groups in total. The predicted octanol–water partition coefficient (Wildman–Crippen LogP) is 0.726. The summed E-state index contributed by atoms with van der Waals surface area (Å²) in [6.45, 7) is 2.75. The van der Waals surface area contributed by atoms with E-state index in [2.05, 4.69) is 25.9 Å². The van der Waals surface area contributed by atoms with Crippen LogP contribution in [0.15, 0.2) is 4.99 Å². The van der Waals surface area contributed by atoms with Crippen LogP contribution in [0.3, 0.4) is 0 Å². The molecule has 1 aromatic rings. The Bertz CT molecular complexity index is 542. The van der Waals surface area contributed by atoms with Crippen LogP contribution in [-0.2, 0) is 6.42 Å². The Labute approximate surface area is 128 Å². The van der Waals surface area contributed by atoms with E-state index in [0.29, 0.717) is 11.1 Å². The maximum absolute atomic E-state index is 8.46. The van der Waals surface area contributed by atoms with Crippen molar-refractivity contribution in [1.82, 2.24) is 15.6 Å². The lowest BCUT2D eigenvalue weighted by Crippen LogP contribution is -2.35. The van der Waals surface area contributed by atoms with E-state index in [9.17, 15) is 0 Å². The lowest BCUT2D eigenvalue weighted by Gasteiger charge is -2.06. The zero-order chi connectivity index (χ0) is 15.7. The van der Waals surface area contributed by atoms with Crippen LogP contribution in [0.4, 0.5) is 5.13 Å². The van der Waals surface area contributed by atoms with Crippen molar-refractivity contribution in [2.45, 2.75) is 26.2 Å². The Balaban J connectivity index is 2.33. The second kappa shape index (κ2) is 8.76. The SMILES string of the molecule is CN/C(=N/C#N)NCCCCc1nc(NC(=N)N)sc1C. The molecule has 0 saturated heterocycles. The third kappa shape index (κ3) is 6.09. The molecule has 1 rings (SSSR count). The molecule has 0 bridgehead atoms. The molecule has 1 heterocycles. The van der Waals surface area contributed by atoms with Gasteiger partial charge in [0.05, 0.1) is 5.69 Å². The van der Waals surface area contributed by atoms with Crippen LogP contribution in [-0.4, -0.2) is 30.5 Å². The first-order valence-corrected chi connectivity index (χ1v) is 7.34. The van der Waals surface area contributed by atoms with E-state index in [1.165, 1.54) is 11.3 Å². The van der Waals surface area contributed by atoms with Gasteiger partial charge in [-0.3, -0.25) is 5.41 Å². The number of nitrogens with zero attached hydrogens (tertiary/aromatic N) is 3. The van der Waals surface area contributed by atoms with Crippen molar-refractivity contribution in [2.75, 3.05) is 18.9 Å². The zero-order valence-electron chi connectivity index (χ0n) is 12.2. The highest BCUT2D eigenvalue weighted by atomic mass is 32.1. The number of unbranched alkanes of at least 4 members (excludes halogenated alkanes) is 1. The van der Waals surface area contributed by atoms with Crippen molar-refractivity contribution in [3.05, 3.63) is 10.6 Å². The van der Waals surface area contributed by atoms with Crippen LogP contribution < -0.4 is 21.7 Å². The molecule has 9 heteroatoms. The van der Waals surface area contributed by atoms with E-state index in [1.807, 2.05) is 6.92 Å². The normalized spacial score (nSPS) is 10.8. The summed E-state index contributed by atoms with van der Waals surface area (Å²) in [5, 5.41) is 24.9. The number of rotatable bonds is 6. The van der Waals surface area contributed by atoms with Crippen LogP contribution in [0.5, 0.6) is 0 Å². The lowest BCUT2D eigenvalue weighted by atomic mass is 10.2. The van der Waals surface area contributed by atoms with Crippen molar-refractivity contribution in [3.63, 3.8) is 0 Å². The first kappa shape index (κ1) is 16.7. The standard InChI is InChI=1S/C12H20N8S/c1-8-9(19-12(21-8)20-10(14)15)5-3-4-6-17-11(16-2)18-7-13/h3-6H2,1-2H3,(H2,16,17,18)(H4,14,15,19,20). The Kier molecular flexibility index (Phi) is 6.97. The van der Waals surface area contributed by atoms with Gasteiger partial charge >= 0.3 is 0 Å². The molecule has 114 valence electrons. The van der Waals surface area contributed by atoms with Crippen LogP contribution in [0.2, 0.25) is 0 Å². The van der Waals surface area contributed by atoms with Crippen molar-refractivity contribution in [2.24, 2.45) is 10.7 Å². The van der Waals surface area contributed by atoms with Gasteiger partial charge in [-0.15, -0.1) is 16.3 Å². The van der Waals surface area contributed by atoms with Gasteiger partial charge in [0.25, 0.3) is 0 Å². The molecule has 0 aliphatic carbocycles. The zero-order valence-corrected chi connectivity index (χ0v) is 13.0. The minimum atomic E-state index is -0.101. The van der Waals surface area contributed by atoms with Gasteiger partial charge in [0.1, 0.15) is 0 Å². The second-order valence-electron chi connectivity index (χ2n) is 4.25. The minimum absolute atomic E-state index is 0.101. The highest BCUT2D eigenvalue weighted by Crippen LogP contribution is 2.22. The Morgan fingerprint density at radius 3 is 2.90 bits per heavy atom. The summed E-state index contributed by atoms with van der Waals surface area (Å²) in [7, 11) is 1.71. The van der Waals surface area contributed by atoms with Crippen molar-refractivity contribution < 1.29 is 0 Å². The summed E-state index contributed by atoms with van der Waals surface area (Å²) in [4.78, 5) is 9.14. The fourth-order valence-corrected chi connectivity index (χ4v) is 2.56. The molecular weight excluding hydrogens is 288 g/mol. The van der Waals surface area contributed by atoms with Crippen LogP contribution in [0.1, 0.15) is 23.4 Å². The number of nitrogens with one attached hydrogen (secondary N) is 4. The van der Waals surface area contributed by atoms with E-state index < -0.39 is 0 Å². The van der Waals surface area contributed by atoms with Crippen LogP contribution in [0.25, 0.3) is 0 Å². The highest BCUT2D eigenvalue weighted by Gasteiger charge is 2.07. The molecule has 0 aromatic carbocycles. The summed E-state index contributed by atoms with van der Waals surface area (Å²) in [6, 6.07) is 0. The Morgan fingerprint density at radius 2 is 2.29 bits per heavy atom. The van der Waals surface area contributed by atoms with E-state index in [-0.39, 0.29) is 5.96 Å². The third-order valence-corrected chi connectivity index (χ3v) is 3.59. The van der Waals surface area contributed by atoms with Gasteiger partial charge in [-0.25, -0.2) is 4.98 Å². The summed E-state index contributed by atoms with van der Waals surface area (Å²) in [5.41, 5.74) is 6.31. The molecule has 0 amide bonds. The molecule has 21 heavy (non-hydrogen) atoms. The van der Waals surface area contributed by atoms with Gasteiger partial charge in [0.15, 0.2) is 11.1 Å². The summed E-state index contributed by atoms with van der Waals surface area (Å²) >= 11 is 1.50.